The minimum absolute atomic E-state index is 0.333. The molecule has 0 saturated heterocycles. The van der Waals surface area contributed by atoms with Gasteiger partial charge in [0, 0.05) is 0 Å². The number of ether oxygens (including phenoxy) is 1. The van der Waals surface area contributed by atoms with Crippen LogP contribution in [0.2, 0.25) is 0 Å². The van der Waals surface area contributed by atoms with Crippen LogP contribution in [0.25, 0.3) is 0 Å². The highest BCUT2D eigenvalue weighted by Gasteiger charge is 2.39. The molecule has 1 aliphatic rings. The first kappa shape index (κ1) is 16.3. The predicted octanol–water partition coefficient (Wildman–Crippen LogP) is 3.33. The van der Waals surface area contributed by atoms with E-state index >= 15 is 0 Å². The molecule has 1 aromatic carbocycles. The van der Waals surface area contributed by atoms with Gasteiger partial charge in [0.25, 0.3) is 5.91 Å². The van der Waals surface area contributed by atoms with E-state index in [4.69, 9.17) is 4.74 Å². The van der Waals surface area contributed by atoms with Gasteiger partial charge in [0.15, 0.2) is 5.60 Å². The summed E-state index contributed by atoms with van der Waals surface area (Å²) in [6.07, 6.45) is 4.30. The highest BCUT2D eigenvalue weighted by atomic mass is 19.1. The summed E-state index contributed by atoms with van der Waals surface area (Å²) in [5, 5.41) is 12.3. The lowest BCUT2D eigenvalue weighted by atomic mass is 9.82. The van der Waals surface area contributed by atoms with E-state index in [1.54, 1.807) is 13.8 Å². The van der Waals surface area contributed by atoms with Crippen molar-refractivity contribution in [2.24, 2.45) is 0 Å². The van der Waals surface area contributed by atoms with E-state index in [9.17, 15) is 14.4 Å². The fraction of sp³-hybridized carbons (Fsp3) is 0.529. The summed E-state index contributed by atoms with van der Waals surface area (Å²) in [5.74, 6) is -0.281. The lowest BCUT2D eigenvalue weighted by molar-refractivity contribution is -0.136. The standard InChI is InChI=1S/C17H21FN2O2/c1-16(2,22-14-8-6-13(18)7-9-14)15(21)20-17(12-19)10-4-3-5-11-17/h6-9H,3-5,10-11H2,1-2H3,(H,20,21). The van der Waals surface area contributed by atoms with Crippen LogP contribution in [0.5, 0.6) is 5.75 Å². The Bertz CT molecular complexity index is 569. The van der Waals surface area contributed by atoms with Crippen LogP contribution in [0, 0.1) is 17.1 Å². The third-order valence-electron chi connectivity index (χ3n) is 4.01. The zero-order valence-corrected chi connectivity index (χ0v) is 13.0. The molecule has 5 heteroatoms. The van der Waals surface area contributed by atoms with Gasteiger partial charge in [-0.05, 0) is 51.0 Å². The van der Waals surface area contributed by atoms with Gasteiger partial charge < -0.3 is 10.1 Å². The average Bonchev–Trinajstić information content (AvgIpc) is 2.50. The van der Waals surface area contributed by atoms with Crippen LogP contribution >= 0.6 is 0 Å². The molecule has 0 bridgehead atoms. The molecule has 4 nitrogen and oxygen atoms in total. The van der Waals surface area contributed by atoms with E-state index in [1.807, 2.05) is 0 Å². The largest absolute Gasteiger partial charge is 0.478 e. The number of nitrogens with one attached hydrogen (secondary N) is 1. The van der Waals surface area contributed by atoms with E-state index in [2.05, 4.69) is 11.4 Å². The van der Waals surface area contributed by atoms with Crippen LogP contribution in [0.1, 0.15) is 46.0 Å². The van der Waals surface area contributed by atoms with Gasteiger partial charge >= 0.3 is 0 Å². The quantitative estimate of drug-likeness (QED) is 0.928. The van der Waals surface area contributed by atoms with E-state index in [1.165, 1.54) is 24.3 Å². The number of halogens is 1. The van der Waals surface area contributed by atoms with E-state index in [0.717, 1.165) is 19.3 Å². The van der Waals surface area contributed by atoms with Crippen LogP contribution in [0.15, 0.2) is 24.3 Å². The molecule has 118 valence electrons. The van der Waals surface area contributed by atoms with Gasteiger partial charge in [-0.25, -0.2) is 4.39 Å². The van der Waals surface area contributed by atoms with E-state index < -0.39 is 11.1 Å². The van der Waals surface area contributed by atoms with Crippen molar-refractivity contribution in [1.29, 1.82) is 5.26 Å². The Morgan fingerprint density at radius 2 is 1.86 bits per heavy atom. The number of rotatable bonds is 4. The molecule has 1 aromatic rings. The fourth-order valence-corrected chi connectivity index (χ4v) is 2.63. The Morgan fingerprint density at radius 1 is 1.27 bits per heavy atom. The normalized spacial score (nSPS) is 17.4. The Labute approximate surface area is 130 Å². The topological polar surface area (TPSA) is 62.1 Å². The van der Waals surface area contributed by atoms with Gasteiger partial charge in [-0.1, -0.05) is 19.3 Å². The second-order valence-electron chi connectivity index (χ2n) is 6.27. The molecule has 1 aliphatic carbocycles. The Kier molecular flexibility index (Phi) is 4.70. The number of carbonyl (C=O) groups is 1. The van der Waals surface area contributed by atoms with E-state index in [-0.39, 0.29) is 11.7 Å². The summed E-state index contributed by atoms with van der Waals surface area (Å²) >= 11 is 0. The van der Waals surface area contributed by atoms with Crippen molar-refractivity contribution in [3.05, 3.63) is 30.1 Å². The number of carbonyl (C=O) groups excluding carboxylic acids is 1. The lowest BCUT2D eigenvalue weighted by Crippen LogP contribution is -2.56. The molecule has 0 aliphatic heterocycles. The van der Waals surface area contributed by atoms with Gasteiger partial charge in [0.05, 0.1) is 6.07 Å². The van der Waals surface area contributed by atoms with Crippen LogP contribution in [-0.4, -0.2) is 17.0 Å². The first-order chi connectivity index (χ1) is 10.4. The van der Waals surface area contributed by atoms with Crippen molar-refractivity contribution in [1.82, 2.24) is 5.32 Å². The smallest absolute Gasteiger partial charge is 0.264 e. The van der Waals surface area contributed by atoms with Crippen molar-refractivity contribution in [2.75, 3.05) is 0 Å². The van der Waals surface area contributed by atoms with Crippen LogP contribution < -0.4 is 10.1 Å². The first-order valence-corrected chi connectivity index (χ1v) is 7.55. The molecule has 0 spiro atoms. The number of nitrogens with zero attached hydrogens (tertiary/aromatic N) is 1. The minimum Gasteiger partial charge on any atom is -0.478 e. The highest BCUT2D eigenvalue weighted by molar-refractivity contribution is 5.85. The number of nitriles is 1. The first-order valence-electron chi connectivity index (χ1n) is 7.55. The molecule has 0 heterocycles. The Balaban J connectivity index is 2.06. The number of amides is 1. The lowest BCUT2D eigenvalue weighted by Gasteiger charge is -2.35. The fourth-order valence-electron chi connectivity index (χ4n) is 2.63. The molecule has 0 unspecified atom stereocenters. The molecular formula is C17H21FN2O2. The van der Waals surface area contributed by atoms with Gasteiger partial charge in [-0.2, -0.15) is 5.26 Å². The van der Waals surface area contributed by atoms with Crippen LogP contribution in [-0.2, 0) is 4.79 Å². The van der Waals surface area contributed by atoms with Crippen molar-refractivity contribution in [3.8, 4) is 11.8 Å². The third kappa shape index (κ3) is 3.76. The van der Waals surface area contributed by atoms with Gasteiger partial charge in [0.1, 0.15) is 17.1 Å². The summed E-state index contributed by atoms with van der Waals surface area (Å²) in [4.78, 5) is 12.5. The molecule has 1 N–H and O–H groups in total. The molecule has 0 atom stereocenters. The molecular weight excluding hydrogens is 283 g/mol. The molecule has 0 radical (unpaired) electrons. The molecule has 22 heavy (non-hydrogen) atoms. The number of benzene rings is 1. The van der Waals surface area contributed by atoms with E-state index in [0.29, 0.717) is 18.6 Å². The SMILES string of the molecule is CC(C)(Oc1ccc(F)cc1)C(=O)NC1(C#N)CCCCC1. The molecule has 0 aromatic heterocycles. The van der Waals surface area contributed by atoms with Crippen molar-refractivity contribution in [2.45, 2.75) is 57.1 Å². The zero-order valence-electron chi connectivity index (χ0n) is 13.0. The monoisotopic (exact) mass is 304 g/mol. The Morgan fingerprint density at radius 3 is 2.41 bits per heavy atom. The van der Waals surface area contributed by atoms with Gasteiger partial charge in [0.2, 0.25) is 0 Å². The highest BCUT2D eigenvalue weighted by Crippen LogP contribution is 2.29. The maximum Gasteiger partial charge on any atom is 0.264 e. The van der Waals surface area contributed by atoms with Gasteiger partial charge in [-0.15, -0.1) is 0 Å². The molecule has 1 fully saturated rings. The minimum atomic E-state index is -1.14. The summed E-state index contributed by atoms with van der Waals surface area (Å²) < 4.78 is 18.6. The maximum absolute atomic E-state index is 12.9. The van der Waals surface area contributed by atoms with Crippen LogP contribution in [0.3, 0.4) is 0 Å². The number of hydrogen-bond donors (Lipinski definition) is 1. The summed E-state index contributed by atoms with van der Waals surface area (Å²) in [6.45, 7) is 3.28. The van der Waals surface area contributed by atoms with Crippen LogP contribution in [0.4, 0.5) is 4.39 Å². The molecule has 1 saturated carbocycles. The maximum atomic E-state index is 12.9. The second-order valence-corrected chi connectivity index (χ2v) is 6.27. The predicted molar refractivity (Wildman–Crippen MR) is 80.7 cm³/mol. The van der Waals surface area contributed by atoms with Crippen molar-refractivity contribution in [3.63, 3.8) is 0 Å². The van der Waals surface area contributed by atoms with Crippen molar-refractivity contribution >= 4 is 5.91 Å². The van der Waals surface area contributed by atoms with Crippen molar-refractivity contribution < 1.29 is 13.9 Å². The Hall–Kier alpha value is -2.09. The zero-order chi connectivity index (χ0) is 16.2. The average molecular weight is 304 g/mol. The number of hydrogen-bond acceptors (Lipinski definition) is 3. The second kappa shape index (κ2) is 6.35. The summed E-state index contributed by atoms with van der Waals surface area (Å²) in [7, 11) is 0. The summed E-state index contributed by atoms with van der Waals surface area (Å²) in [6, 6.07) is 7.77. The third-order valence-corrected chi connectivity index (χ3v) is 4.01. The van der Waals surface area contributed by atoms with Gasteiger partial charge in [-0.3, -0.25) is 4.79 Å². The molecule has 1 amide bonds. The molecule has 2 rings (SSSR count). The summed E-state index contributed by atoms with van der Waals surface area (Å²) in [5.41, 5.74) is -1.93.